The van der Waals surface area contributed by atoms with E-state index < -0.39 is 65.7 Å². The summed E-state index contributed by atoms with van der Waals surface area (Å²) in [6.45, 7) is 8.24. The second-order valence-electron chi connectivity index (χ2n) is 12.7. The number of esters is 1. The number of benzene rings is 1. The van der Waals surface area contributed by atoms with Gasteiger partial charge in [0.1, 0.15) is 40.7 Å². The van der Waals surface area contributed by atoms with Gasteiger partial charge in [0.15, 0.2) is 5.72 Å². The Morgan fingerprint density at radius 3 is 2.57 bits per heavy atom. The lowest BCUT2D eigenvalue weighted by Gasteiger charge is -2.42. The third-order valence-corrected chi connectivity index (χ3v) is 9.59. The maximum absolute atomic E-state index is 13.6. The van der Waals surface area contributed by atoms with Crippen LogP contribution in [-0.2, 0) is 39.8 Å². The molecule has 0 saturated carbocycles. The highest BCUT2D eigenvalue weighted by Gasteiger charge is 2.64. The molecule has 0 spiro atoms. The fourth-order valence-corrected chi connectivity index (χ4v) is 6.31. The number of rotatable bonds is 5. The van der Waals surface area contributed by atoms with Crippen molar-refractivity contribution in [1.82, 2.24) is 10.2 Å². The highest BCUT2D eigenvalue weighted by atomic mass is 35.5. The third kappa shape index (κ3) is 7.91. The largest absolute Gasteiger partial charge is 0.495 e. The van der Waals surface area contributed by atoms with Crippen LogP contribution in [0.4, 0.5) is 10.5 Å². The van der Waals surface area contributed by atoms with E-state index in [9.17, 15) is 24.3 Å². The van der Waals surface area contributed by atoms with Crippen LogP contribution in [0, 0.1) is 5.92 Å². The van der Waals surface area contributed by atoms with Gasteiger partial charge in [-0.3, -0.25) is 14.9 Å². The molecule has 2 fully saturated rings. The average Bonchev–Trinajstić information content (AvgIpc) is 3.70. The Morgan fingerprint density at radius 2 is 1.94 bits per heavy atom. The van der Waals surface area contributed by atoms with Crippen LogP contribution in [-0.4, -0.2) is 96.9 Å². The number of nitrogens with zero attached hydrogens (tertiary/aromatic N) is 1. The Balaban J connectivity index is 1.76. The standard InChI is InChI=1S/C33H44ClN3O10/c1-17-10-9-11-25(44-8)33(42)16-24(45-31(41)36-33)18(2)29-32(5,47-29)26(46-30(40)19(3)37(6)20(4)38)15-27(39)35-22-13-21(12-17)14-23(43-7)28(22)34/h9-11,13-14,18-19,24-26,29,42H,12,15-16H2,1-8H3,(H,35,39)(H,36,41). The number of anilines is 1. The molecule has 47 heavy (non-hydrogen) atoms. The van der Waals surface area contributed by atoms with E-state index in [1.165, 1.54) is 40.0 Å². The van der Waals surface area contributed by atoms with Crippen molar-refractivity contribution in [2.45, 2.75) is 95.7 Å². The lowest BCUT2D eigenvalue weighted by Crippen LogP contribution is -2.63. The van der Waals surface area contributed by atoms with Crippen molar-refractivity contribution in [3.8, 4) is 5.75 Å². The summed E-state index contributed by atoms with van der Waals surface area (Å²) in [5, 5.41) is 17.1. The summed E-state index contributed by atoms with van der Waals surface area (Å²) in [4.78, 5) is 52.8. The molecule has 2 saturated heterocycles. The first-order valence-corrected chi connectivity index (χ1v) is 15.8. The minimum absolute atomic E-state index is 0.0447. The number of carbonyl (C=O) groups excluding carboxylic acids is 4. The molecule has 8 atom stereocenters. The topological polar surface area (TPSA) is 165 Å². The molecule has 1 aromatic carbocycles. The van der Waals surface area contributed by atoms with Crippen molar-refractivity contribution in [2.24, 2.45) is 5.92 Å². The summed E-state index contributed by atoms with van der Waals surface area (Å²) >= 11 is 6.59. The van der Waals surface area contributed by atoms with E-state index in [1.54, 1.807) is 38.1 Å². The number of likely N-dealkylation sites (N-methyl/N-ethyl adjacent to an activating group) is 1. The number of hydrogen-bond donors (Lipinski definition) is 3. The molecular weight excluding hydrogens is 634 g/mol. The Labute approximate surface area is 279 Å². The van der Waals surface area contributed by atoms with Crippen molar-refractivity contribution in [1.29, 1.82) is 0 Å². The molecule has 4 bridgehead atoms. The Bertz CT molecular complexity index is 1470. The maximum atomic E-state index is 13.6. The number of carbonyl (C=O) groups is 4. The van der Waals surface area contributed by atoms with Crippen molar-refractivity contribution in [3.63, 3.8) is 0 Å². The smallest absolute Gasteiger partial charge is 0.409 e. The first-order chi connectivity index (χ1) is 22.0. The monoisotopic (exact) mass is 677 g/mol. The summed E-state index contributed by atoms with van der Waals surface area (Å²) < 4.78 is 28.7. The molecule has 0 aliphatic carbocycles. The molecule has 14 heteroatoms. The quantitative estimate of drug-likeness (QED) is 0.310. The highest BCUT2D eigenvalue weighted by Crippen LogP contribution is 2.49. The molecule has 3 heterocycles. The number of hydrogen-bond acceptors (Lipinski definition) is 10. The van der Waals surface area contributed by atoms with Crippen LogP contribution in [0.1, 0.15) is 53.0 Å². The number of nitrogens with one attached hydrogen (secondary N) is 2. The van der Waals surface area contributed by atoms with Crippen molar-refractivity contribution in [2.75, 3.05) is 26.6 Å². The van der Waals surface area contributed by atoms with E-state index in [0.717, 1.165) is 11.1 Å². The van der Waals surface area contributed by atoms with Crippen LogP contribution >= 0.6 is 11.6 Å². The third-order valence-electron chi connectivity index (χ3n) is 9.20. The zero-order chi connectivity index (χ0) is 34.8. The van der Waals surface area contributed by atoms with Gasteiger partial charge in [-0.05, 0) is 44.9 Å². The molecule has 0 aromatic heterocycles. The maximum Gasteiger partial charge on any atom is 0.409 e. The van der Waals surface area contributed by atoms with E-state index in [0.29, 0.717) is 17.9 Å². The number of amides is 3. The van der Waals surface area contributed by atoms with Gasteiger partial charge in [0.2, 0.25) is 11.8 Å². The number of halogens is 1. The van der Waals surface area contributed by atoms with Crippen LogP contribution in [0.5, 0.6) is 5.75 Å². The SMILES string of the molecule is COc1cc2cc(c1Cl)NC(=O)CC(OC(=O)C(C)N(C)C(C)=O)C1(C)OC1C(C)C1CC(O)(NC(=O)O1)C(OC)C=CC=C(C)C2. The lowest BCUT2D eigenvalue weighted by atomic mass is 9.83. The summed E-state index contributed by atoms with van der Waals surface area (Å²) in [6, 6.07) is 2.55. The van der Waals surface area contributed by atoms with Crippen LogP contribution in [0.15, 0.2) is 35.9 Å². The molecule has 258 valence electrons. The fourth-order valence-electron chi connectivity index (χ4n) is 6.08. The number of epoxide rings is 1. The van der Waals surface area contributed by atoms with E-state index in [1.807, 2.05) is 13.0 Å². The number of ether oxygens (including phenoxy) is 5. The Morgan fingerprint density at radius 1 is 1.23 bits per heavy atom. The van der Waals surface area contributed by atoms with Crippen molar-refractivity contribution >= 4 is 41.2 Å². The summed E-state index contributed by atoms with van der Waals surface area (Å²) in [7, 11) is 4.37. The van der Waals surface area contributed by atoms with Crippen LogP contribution < -0.4 is 15.4 Å². The zero-order valence-electron chi connectivity index (χ0n) is 27.9. The average molecular weight is 678 g/mol. The predicted molar refractivity (Wildman–Crippen MR) is 172 cm³/mol. The predicted octanol–water partition coefficient (Wildman–Crippen LogP) is 3.51. The number of fused-ring (bicyclic) bond motifs is 5. The Kier molecular flexibility index (Phi) is 11.0. The van der Waals surface area contributed by atoms with Gasteiger partial charge in [0.05, 0.1) is 25.3 Å². The number of aliphatic hydroxyl groups is 1. The van der Waals surface area contributed by atoms with E-state index in [4.69, 9.17) is 35.3 Å². The molecule has 1 aromatic rings. The van der Waals surface area contributed by atoms with Crippen molar-refractivity contribution < 1.29 is 48.0 Å². The zero-order valence-corrected chi connectivity index (χ0v) is 28.7. The number of methoxy groups -OCH3 is 2. The minimum Gasteiger partial charge on any atom is -0.495 e. The normalized spacial score (nSPS) is 31.6. The van der Waals surface area contributed by atoms with Crippen LogP contribution in [0.2, 0.25) is 5.02 Å². The molecule has 4 rings (SSSR count). The highest BCUT2D eigenvalue weighted by molar-refractivity contribution is 6.35. The van der Waals surface area contributed by atoms with Gasteiger partial charge in [-0.25, -0.2) is 9.59 Å². The first kappa shape index (κ1) is 36.2. The van der Waals surface area contributed by atoms with Crippen molar-refractivity contribution in [3.05, 3.63) is 46.5 Å². The lowest BCUT2D eigenvalue weighted by molar-refractivity contribution is -0.161. The summed E-state index contributed by atoms with van der Waals surface area (Å²) in [6.07, 6.45) is 0.955. The van der Waals surface area contributed by atoms with Gasteiger partial charge < -0.3 is 39.0 Å². The fraction of sp³-hybridized carbons (Fsp3) is 0.576. The van der Waals surface area contributed by atoms with E-state index in [-0.39, 0.29) is 23.8 Å². The molecule has 3 aliphatic heterocycles. The number of alkyl carbamates (subject to hydrolysis) is 1. The van der Waals surface area contributed by atoms with Gasteiger partial charge in [0, 0.05) is 33.4 Å². The molecular formula is C33H44ClN3O10. The first-order valence-electron chi connectivity index (χ1n) is 15.4. The van der Waals surface area contributed by atoms with Crippen LogP contribution in [0.3, 0.4) is 0 Å². The summed E-state index contributed by atoms with van der Waals surface area (Å²) in [5.74, 6) is -1.75. The number of allylic oxidation sites excluding steroid dienone is 3. The minimum atomic E-state index is -1.81. The van der Waals surface area contributed by atoms with Gasteiger partial charge >= 0.3 is 12.1 Å². The van der Waals surface area contributed by atoms with E-state index >= 15 is 0 Å². The molecule has 3 N–H and O–H groups in total. The molecule has 0 radical (unpaired) electrons. The van der Waals surface area contributed by atoms with Crippen LogP contribution in [0.25, 0.3) is 0 Å². The molecule has 13 nitrogen and oxygen atoms in total. The summed E-state index contributed by atoms with van der Waals surface area (Å²) in [5.41, 5.74) is -0.982. The Hall–Kier alpha value is -3.65. The van der Waals surface area contributed by atoms with Gasteiger partial charge in [-0.15, -0.1) is 0 Å². The van der Waals surface area contributed by atoms with Gasteiger partial charge in [0.25, 0.3) is 0 Å². The second kappa shape index (κ2) is 14.2. The second-order valence-corrected chi connectivity index (χ2v) is 13.0. The van der Waals surface area contributed by atoms with Gasteiger partial charge in [-0.2, -0.15) is 0 Å². The molecule has 3 amide bonds. The van der Waals surface area contributed by atoms with E-state index in [2.05, 4.69) is 10.6 Å². The van der Waals surface area contributed by atoms with Gasteiger partial charge in [-0.1, -0.05) is 42.3 Å². The molecule has 8 unspecified atom stereocenters. The molecule has 3 aliphatic rings.